The Morgan fingerprint density at radius 1 is 0.915 bits per heavy atom. The molecular weight excluding hydrogens is 1160 g/mol. The van der Waals surface area contributed by atoms with Crippen molar-refractivity contribution in [3.05, 3.63) is 104 Å². The fourth-order valence-electron chi connectivity index (χ4n) is 9.03. The van der Waals surface area contributed by atoms with Gasteiger partial charge in [0.15, 0.2) is 5.82 Å². The Hall–Kier alpha value is -5.84. The average molecular weight is 1230 g/mol. The van der Waals surface area contributed by atoms with Crippen LogP contribution in [0.1, 0.15) is 98.0 Å². The summed E-state index contributed by atoms with van der Waals surface area (Å²) < 4.78 is 55.7. The van der Waals surface area contributed by atoms with Crippen molar-refractivity contribution in [3.8, 4) is 15.4 Å². The minimum absolute atomic E-state index is 0.0109. The summed E-state index contributed by atoms with van der Waals surface area (Å²) in [5.74, 6) is -1.55. The molecule has 5 heterocycles. The zero-order chi connectivity index (χ0) is 59.5. The van der Waals surface area contributed by atoms with E-state index in [-0.39, 0.29) is 90.2 Å². The van der Waals surface area contributed by atoms with E-state index in [0.29, 0.717) is 38.2 Å². The van der Waals surface area contributed by atoms with Crippen molar-refractivity contribution in [2.24, 2.45) is 16.1 Å². The molecule has 5 N–H and O–H groups in total. The quantitative estimate of drug-likeness (QED) is 0.0240. The van der Waals surface area contributed by atoms with Crippen LogP contribution in [0.25, 0.3) is 15.4 Å². The van der Waals surface area contributed by atoms with Gasteiger partial charge in [-0.15, -0.1) is 32.9 Å². The van der Waals surface area contributed by atoms with Crippen LogP contribution >= 0.6 is 45.1 Å². The summed E-state index contributed by atoms with van der Waals surface area (Å²) in [5.41, 5.74) is 13.2. The van der Waals surface area contributed by atoms with E-state index in [2.05, 4.69) is 25.8 Å². The molecular formula is C55H70ClN9O13S4. The molecule has 3 aromatic heterocycles. The number of ether oxygens (including phenoxy) is 5. The molecule has 2 aliphatic rings. The lowest BCUT2D eigenvalue weighted by Crippen LogP contribution is -2.54. The maximum Gasteiger partial charge on any atom is 0.508 e. The Kier molecular flexibility index (Phi) is 21.9. The number of nitrogens with one attached hydrogen (secondary N) is 2. The van der Waals surface area contributed by atoms with Gasteiger partial charge in [0.05, 0.1) is 84.3 Å². The zero-order valence-electron chi connectivity index (χ0n) is 47.0. The van der Waals surface area contributed by atoms with E-state index in [4.69, 9.17) is 51.1 Å². The Bertz CT molecular complexity index is 3210. The number of amides is 3. The van der Waals surface area contributed by atoms with Crippen molar-refractivity contribution in [1.82, 2.24) is 35.3 Å². The first-order chi connectivity index (χ1) is 38.8. The number of aliphatic imine (C=N–C) groups is 1. The third-order valence-electron chi connectivity index (χ3n) is 13.3. The molecule has 27 heteroatoms. The van der Waals surface area contributed by atoms with E-state index >= 15 is 0 Å². The minimum Gasteiger partial charge on any atom is -0.480 e. The molecule has 0 saturated carbocycles. The second kappa shape index (κ2) is 28.2. The SMILES string of the molecule is Cc1ncsc1-c1ccc(CNC(=O)[C@@H]2C[C@@H](OC(=O)OCC(C)(C)SS(=O)(=O)CCc3sc4c(c3C)C(c3ccc(Cl)cc3)=N[C@@H](CC(=O)NCCOCCOCCOCC(=O)O)c3nnc(C)n3-4)CN2C(=O)[C@@H](N)C(C)(C)C)cc1. The van der Waals surface area contributed by atoms with Crippen molar-refractivity contribution < 1.29 is 61.2 Å². The van der Waals surface area contributed by atoms with Crippen LogP contribution in [-0.2, 0) is 64.7 Å². The smallest absolute Gasteiger partial charge is 0.480 e. The standard InChI is InChI=1S/C55H70ClN9O13S4/c1-32-42(80-52-45(32)46(36-13-15-38(56)16-14-36)61-40(49-63-62-34(3)65(49)52)26-43(66)58-18-19-74-20-21-75-22-23-76-29-44(67)68)17-24-82(72,73)81-55(7,8)30-77-53(71)78-39-25-41(64(28-39)51(70)48(57)54(4,5)6)50(69)59-27-35-9-11-37(12-10-35)47-33(2)60-31-79-47/h9-16,31,39-41,48H,17-30,57H2,1-8H3,(H,58,66)(H,59,69)(H,67,68)/t39-,40+,41+,48-/m1/s1. The summed E-state index contributed by atoms with van der Waals surface area (Å²) in [6, 6.07) is 12.2. The van der Waals surface area contributed by atoms with Gasteiger partial charge in [0.25, 0.3) is 0 Å². The van der Waals surface area contributed by atoms with Crippen molar-refractivity contribution >= 4 is 89.5 Å². The first-order valence-electron chi connectivity index (χ1n) is 26.5. The first-order valence-corrected chi connectivity index (χ1v) is 31.6. The second-order valence-corrected chi connectivity index (χ2v) is 28.6. The number of carbonyl (C=O) groups is 5. The molecule has 444 valence electrons. The van der Waals surface area contributed by atoms with Crippen molar-refractivity contribution in [2.75, 3.05) is 65.1 Å². The summed E-state index contributed by atoms with van der Waals surface area (Å²) in [7, 11) is -3.20. The molecule has 0 bridgehead atoms. The number of carbonyl (C=O) groups excluding carboxylic acids is 4. The molecule has 2 aliphatic heterocycles. The molecule has 82 heavy (non-hydrogen) atoms. The molecule has 0 unspecified atom stereocenters. The highest BCUT2D eigenvalue weighted by atomic mass is 35.5. The number of likely N-dealkylation sites (tertiary alicyclic amines) is 1. The number of hydrogen-bond donors (Lipinski definition) is 4. The maximum atomic E-state index is 14.0. The molecule has 22 nitrogen and oxygen atoms in total. The number of hydrogen-bond acceptors (Lipinski definition) is 20. The number of rotatable bonds is 27. The summed E-state index contributed by atoms with van der Waals surface area (Å²) in [6.07, 6.45) is -1.94. The highest BCUT2D eigenvalue weighted by Gasteiger charge is 2.45. The van der Waals surface area contributed by atoms with Gasteiger partial charge in [0.2, 0.25) is 26.6 Å². The van der Waals surface area contributed by atoms with Crippen molar-refractivity contribution in [2.45, 2.75) is 110 Å². The third-order valence-corrected chi connectivity index (χ3v) is 20.1. The van der Waals surface area contributed by atoms with E-state index in [1.165, 1.54) is 16.2 Å². The number of benzene rings is 2. The monoisotopic (exact) mass is 1230 g/mol. The number of thiazole rings is 1. The number of nitrogens with two attached hydrogens (primary N) is 1. The molecule has 0 spiro atoms. The topological polar surface area (TPSA) is 295 Å². The summed E-state index contributed by atoms with van der Waals surface area (Å²) in [5, 5.41) is 24.6. The highest BCUT2D eigenvalue weighted by Crippen LogP contribution is 2.41. The number of carboxylic acids is 1. The van der Waals surface area contributed by atoms with Crippen molar-refractivity contribution in [3.63, 3.8) is 0 Å². The van der Waals surface area contributed by atoms with E-state index < -0.39 is 73.8 Å². The van der Waals surface area contributed by atoms with Crippen LogP contribution < -0.4 is 16.4 Å². The molecule has 3 amide bonds. The molecule has 1 saturated heterocycles. The van der Waals surface area contributed by atoms with Gasteiger partial charge < -0.3 is 50.1 Å². The molecule has 4 atom stereocenters. The lowest BCUT2D eigenvalue weighted by atomic mass is 9.86. The predicted octanol–water partition coefficient (Wildman–Crippen LogP) is 6.76. The number of fused-ring (bicyclic) bond motifs is 3. The number of thiophene rings is 1. The van der Waals surface area contributed by atoms with Crippen molar-refractivity contribution in [1.29, 1.82) is 0 Å². The number of carboxylic acid groups (broad SMARTS) is 1. The van der Waals surface area contributed by atoms with Gasteiger partial charge in [0.1, 0.15) is 42.2 Å². The summed E-state index contributed by atoms with van der Waals surface area (Å²) >= 11 is 9.26. The molecule has 0 aliphatic carbocycles. The van der Waals surface area contributed by atoms with Gasteiger partial charge >= 0.3 is 12.1 Å². The van der Waals surface area contributed by atoms with Gasteiger partial charge in [-0.3, -0.25) is 23.9 Å². The van der Waals surface area contributed by atoms with Crippen LogP contribution in [-0.4, -0.2) is 162 Å². The maximum absolute atomic E-state index is 14.0. The molecule has 1 fully saturated rings. The average Bonchev–Trinajstić information content (AvgIpc) is 4.22. The highest BCUT2D eigenvalue weighted by molar-refractivity contribution is 8.72. The number of aryl methyl sites for hydroxylation is 3. The number of aromatic nitrogens is 4. The second-order valence-electron chi connectivity index (χ2n) is 21.4. The van der Waals surface area contributed by atoms with Crippen LogP contribution in [0.5, 0.6) is 0 Å². The zero-order valence-corrected chi connectivity index (χ0v) is 51.0. The Morgan fingerprint density at radius 2 is 1.59 bits per heavy atom. The Balaban J connectivity index is 0.954. The van der Waals surface area contributed by atoms with Gasteiger partial charge in [-0.2, -0.15) is 0 Å². The Morgan fingerprint density at radius 3 is 2.24 bits per heavy atom. The molecule has 2 aromatic carbocycles. The van der Waals surface area contributed by atoms with Crippen LogP contribution in [0.4, 0.5) is 4.79 Å². The molecule has 5 aromatic rings. The first kappa shape index (κ1) is 63.7. The normalized spacial score (nSPS) is 16.6. The van der Waals surface area contributed by atoms with Gasteiger partial charge in [-0.05, 0) is 86.1 Å². The van der Waals surface area contributed by atoms with Gasteiger partial charge in [-0.25, -0.2) is 23.0 Å². The minimum atomic E-state index is -3.87. The number of aliphatic carboxylic acids is 1. The van der Waals surface area contributed by atoms with E-state index in [9.17, 15) is 32.4 Å². The van der Waals surface area contributed by atoms with Crippen LogP contribution in [0, 0.1) is 26.2 Å². The third kappa shape index (κ3) is 17.1. The van der Waals surface area contributed by atoms with Crippen LogP contribution in [0.2, 0.25) is 5.02 Å². The molecule has 0 radical (unpaired) electrons. The Labute approximate surface area is 493 Å². The lowest BCUT2D eigenvalue weighted by Gasteiger charge is -2.32. The fourth-order valence-corrected chi connectivity index (χ4v) is 15.5. The predicted molar refractivity (Wildman–Crippen MR) is 313 cm³/mol. The van der Waals surface area contributed by atoms with Crippen LogP contribution in [0.15, 0.2) is 59.0 Å². The summed E-state index contributed by atoms with van der Waals surface area (Å²) in [6.45, 7) is 15.1. The van der Waals surface area contributed by atoms with E-state index in [0.717, 1.165) is 43.3 Å². The fraction of sp³-hybridized carbons (Fsp3) is 0.509. The number of nitrogens with zero attached hydrogens (tertiary/aromatic N) is 6. The summed E-state index contributed by atoms with van der Waals surface area (Å²) in [4.78, 5) is 77.6. The number of halogens is 1. The van der Waals surface area contributed by atoms with Gasteiger partial charge in [0, 0.05) is 40.5 Å². The van der Waals surface area contributed by atoms with E-state index in [1.807, 2.05) is 75.6 Å². The van der Waals surface area contributed by atoms with E-state index in [1.54, 1.807) is 49.8 Å². The largest absolute Gasteiger partial charge is 0.508 e. The lowest BCUT2D eigenvalue weighted by molar-refractivity contribution is -0.142. The van der Waals surface area contributed by atoms with Gasteiger partial charge in [-0.1, -0.05) is 68.8 Å². The molecule has 7 rings (SSSR count). The van der Waals surface area contributed by atoms with Crippen LogP contribution in [0.3, 0.4) is 0 Å².